The van der Waals surface area contributed by atoms with Gasteiger partial charge in [0, 0.05) is 14.8 Å². The normalized spacial score (nSPS) is 13.8. The van der Waals surface area contributed by atoms with Crippen LogP contribution in [0.3, 0.4) is 0 Å². The van der Waals surface area contributed by atoms with Gasteiger partial charge in [-0.25, -0.2) is 8.78 Å². The van der Waals surface area contributed by atoms with E-state index in [2.05, 4.69) is 22.6 Å². The Morgan fingerprint density at radius 3 is 2.55 bits per heavy atom. The van der Waals surface area contributed by atoms with E-state index < -0.39 is 11.6 Å². The second-order valence-corrected chi connectivity index (χ2v) is 5.88. The van der Waals surface area contributed by atoms with Crippen molar-refractivity contribution < 1.29 is 13.6 Å². The molecule has 0 saturated heterocycles. The van der Waals surface area contributed by atoms with Gasteiger partial charge in [0.1, 0.15) is 11.6 Å². The van der Waals surface area contributed by atoms with Gasteiger partial charge in [-0.05, 0) is 58.5 Å². The second kappa shape index (κ2) is 5.12. The van der Waals surface area contributed by atoms with Crippen molar-refractivity contribution in [1.29, 1.82) is 0 Å². The highest BCUT2D eigenvalue weighted by Gasteiger charge is 2.28. The van der Waals surface area contributed by atoms with Crippen molar-refractivity contribution in [3.63, 3.8) is 0 Å². The molecular weight excluding hydrogens is 375 g/mol. The fourth-order valence-corrected chi connectivity index (χ4v) is 2.92. The molecule has 1 aliphatic heterocycles. The van der Waals surface area contributed by atoms with Crippen LogP contribution in [-0.2, 0) is 17.8 Å². The summed E-state index contributed by atoms with van der Waals surface area (Å²) in [6.07, 6.45) is 0.280. The monoisotopic (exact) mass is 385 g/mol. The highest BCUT2D eigenvalue weighted by atomic mass is 127. The molecule has 0 bridgehead atoms. The Morgan fingerprint density at radius 2 is 1.85 bits per heavy atom. The Balaban J connectivity index is 1.98. The summed E-state index contributed by atoms with van der Waals surface area (Å²) in [5.74, 6) is -1.39. The molecule has 1 aliphatic rings. The number of carbonyl (C=O) groups is 1. The van der Waals surface area contributed by atoms with Gasteiger partial charge in [0.2, 0.25) is 5.91 Å². The average Bonchev–Trinajstić information content (AvgIpc) is 2.69. The number of rotatable bonds is 2. The predicted molar refractivity (Wildman–Crippen MR) is 80.4 cm³/mol. The van der Waals surface area contributed by atoms with Gasteiger partial charge >= 0.3 is 0 Å². The SMILES string of the molecule is O=C1Cc2cc(I)ccc2N1Cc1c(F)cccc1F. The van der Waals surface area contributed by atoms with Crippen LogP contribution < -0.4 is 4.90 Å². The zero-order chi connectivity index (χ0) is 14.3. The zero-order valence-electron chi connectivity index (χ0n) is 10.4. The number of fused-ring (bicyclic) bond motifs is 1. The van der Waals surface area contributed by atoms with Gasteiger partial charge in [-0.15, -0.1) is 0 Å². The Kier molecular flexibility index (Phi) is 3.45. The lowest BCUT2D eigenvalue weighted by molar-refractivity contribution is -0.117. The third-order valence-corrected chi connectivity index (χ3v) is 4.02. The lowest BCUT2D eigenvalue weighted by atomic mass is 10.1. The summed E-state index contributed by atoms with van der Waals surface area (Å²) in [7, 11) is 0. The van der Waals surface area contributed by atoms with E-state index in [4.69, 9.17) is 0 Å². The summed E-state index contributed by atoms with van der Waals surface area (Å²) in [4.78, 5) is 13.5. The Labute approximate surface area is 128 Å². The molecule has 2 nitrogen and oxygen atoms in total. The molecule has 2 aromatic rings. The van der Waals surface area contributed by atoms with Crippen LogP contribution in [0.15, 0.2) is 36.4 Å². The van der Waals surface area contributed by atoms with Crippen molar-refractivity contribution in [2.45, 2.75) is 13.0 Å². The summed E-state index contributed by atoms with van der Waals surface area (Å²) in [6, 6.07) is 9.34. The standard InChI is InChI=1S/C15H10F2INO/c16-12-2-1-3-13(17)11(12)8-19-14-5-4-10(18)6-9(14)7-15(19)20/h1-6H,7-8H2. The molecule has 2 aromatic carbocycles. The number of hydrogen-bond acceptors (Lipinski definition) is 1. The maximum atomic E-state index is 13.7. The summed E-state index contributed by atoms with van der Waals surface area (Å²) in [5, 5.41) is 0. The number of anilines is 1. The quantitative estimate of drug-likeness (QED) is 0.723. The van der Waals surface area contributed by atoms with Gasteiger partial charge < -0.3 is 4.90 Å². The molecular formula is C15H10F2INO. The van der Waals surface area contributed by atoms with Gasteiger partial charge in [-0.2, -0.15) is 0 Å². The number of halogens is 3. The summed E-state index contributed by atoms with van der Waals surface area (Å²) >= 11 is 2.17. The molecule has 0 radical (unpaired) electrons. The molecule has 1 heterocycles. The summed E-state index contributed by atoms with van der Waals surface area (Å²) in [6.45, 7) is -0.0784. The molecule has 0 unspecified atom stereocenters. The first-order valence-corrected chi connectivity index (χ1v) is 7.16. The first kappa shape index (κ1) is 13.5. The maximum Gasteiger partial charge on any atom is 0.231 e. The van der Waals surface area contributed by atoms with E-state index in [1.54, 1.807) is 0 Å². The number of amides is 1. The third kappa shape index (κ3) is 2.30. The molecule has 0 N–H and O–H groups in total. The van der Waals surface area contributed by atoms with Gasteiger partial charge in [-0.1, -0.05) is 6.07 Å². The second-order valence-electron chi connectivity index (χ2n) is 4.63. The first-order chi connectivity index (χ1) is 9.56. The Bertz CT molecular complexity index is 682. The predicted octanol–water partition coefficient (Wildman–Crippen LogP) is 3.66. The van der Waals surface area contributed by atoms with E-state index in [9.17, 15) is 13.6 Å². The summed E-state index contributed by atoms with van der Waals surface area (Å²) in [5.41, 5.74) is 1.56. The Hall–Kier alpha value is -1.50. The summed E-state index contributed by atoms with van der Waals surface area (Å²) < 4.78 is 28.4. The largest absolute Gasteiger partial charge is 0.307 e. The maximum absolute atomic E-state index is 13.7. The van der Waals surface area contributed by atoms with E-state index in [-0.39, 0.29) is 24.4 Å². The molecule has 0 aromatic heterocycles. The molecule has 20 heavy (non-hydrogen) atoms. The number of carbonyl (C=O) groups excluding carboxylic acids is 1. The van der Waals surface area contributed by atoms with Crippen molar-refractivity contribution in [1.82, 2.24) is 0 Å². The van der Waals surface area contributed by atoms with Crippen molar-refractivity contribution in [2.75, 3.05) is 4.90 Å². The highest BCUT2D eigenvalue weighted by Crippen LogP contribution is 2.32. The number of nitrogens with zero attached hydrogens (tertiary/aromatic N) is 1. The van der Waals surface area contributed by atoms with Crippen LogP contribution in [0, 0.1) is 15.2 Å². The van der Waals surface area contributed by atoms with Crippen LogP contribution in [0.25, 0.3) is 0 Å². The van der Waals surface area contributed by atoms with Crippen molar-refractivity contribution >= 4 is 34.2 Å². The molecule has 3 rings (SSSR count). The molecule has 1 amide bonds. The Morgan fingerprint density at radius 1 is 1.15 bits per heavy atom. The topological polar surface area (TPSA) is 20.3 Å². The smallest absolute Gasteiger partial charge is 0.231 e. The van der Waals surface area contributed by atoms with Crippen LogP contribution in [-0.4, -0.2) is 5.91 Å². The van der Waals surface area contributed by atoms with Crippen molar-refractivity contribution in [3.05, 3.63) is 62.7 Å². The van der Waals surface area contributed by atoms with E-state index in [1.807, 2.05) is 18.2 Å². The lowest BCUT2D eigenvalue weighted by Crippen LogP contribution is -2.27. The van der Waals surface area contributed by atoms with Crippen LogP contribution >= 0.6 is 22.6 Å². The minimum atomic E-state index is -0.628. The fraction of sp³-hybridized carbons (Fsp3) is 0.133. The minimum absolute atomic E-state index is 0.0766. The highest BCUT2D eigenvalue weighted by molar-refractivity contribution is 14.1. The average molecular weight is 385 g/mol. The molecule has 102 valence electrons. The fourth-order valence-electron chi connectivity index (χ4n) is 2.37. The molecule has 0 aliphatic carbocycles. The van der Waals surface area contributed by atoms with Crippen molar-refractivity contribution in [3.8, 4) is 0 Å². The van der Waals surface area contributed by atoms with Crippen LogP contribution in [0.5, 0.6) is 0 Å². The molecule has 0 atom stereocenters. The van der Waals surface area contributed by atoms with E-state index in [0.29, 0.717) is 0 Å². The van der Waals surface area contributed by atoms with Gasteiger partial charge in [0.15, 0.2) is 0 Å². The number of hydrogen-bond donors (Lipinski definition) is 0. The van der Waals surface area contributed by atoms with E-state index >= 15 is 0 Å². The van der Waals surface area contributed by atoms with Crippen molar-refractivity contribution in [2.24, 2.45) is 0 Å². The van der Waals surface area contributed by atoms with Gasteiger partial charge in [0.05, 0.1) is 13.0 Å². The van der Waals surface area contributed by atoms with Crippen LogP contribution in [0.2, 0.25) is 0 Å². The molecule has 0 saturated carbocycles. The van der Waals surface area contributed by atoms with Crippen LogP contribution in [0.4, 0.5) is 14.5 Å². The third-order valence-electron chi connectivity index (χ3n) is 3.35. The lowest BCUT2D eigenvalue weighted by Gasteiger charge is -2.18. The minimum Gasteiger partial charge on any atom is -0.307 e. The van der Waals surface area contributed by atoms with E-state index in [1.165, 1.54) is 23.1 Å². The van der Waals surface area contributed by atoms with Crippen LogP contribution in [0.1, 0.15) is 11.1 Å². The van der Waals surface area contributed by atoms with E-state index in [0.717, 1.165) is 14.8 Å². The molecule has 0 fully saturated rings. The zero-order valence-corrected chi connectivity index (χ0v) is 12.5. The van der Waals surface area contributed by atoms with Gasteiger partial charge in [0.25, 0.3) is 0 Å². The first-order valence-electron chi connectivity index (χ1n) is 6.08. The molecule has 0 spiro atoms. The number of benzene rings is 2. The molecule has 5 heteroatoms. The van der Waals surface area contributed by atoms with Gasteiger partial charge in [-0.3, -0.25) is 4.79 Å².